The summed E-state index contributed by atoms with van der Waals surface area (Å²) < 4.78 is 8.08. The van der Waals surface area contributed by atoms with Crippen molar-refractivity contribution in [2.24, 2.45) is 17.8 Å². The molecule has 0 unspecified atom stereocenters. The number of hydrogen-bond acceptors (Lipinski definition) is 5. The van der Waals surface area contributed by atoms with E-state index in [0.717, 1.165) is 55.4 Å². The molecule has 4 fully saturated rings. The number of fused-ring (bicyclic) bond motifs is 1. The summed E-state index contributed by atoms with van der Waals surface area (Å²) in [5.41, 5.74) is 2.20. The second-order valence-corrected chi connectivity index (χ2v) is 11.6. The quantitative estimate of drug-likeness (QED) is 0.327. The molecule has 0 N–H and O–H groups in total. The topological polar surface area (TPSA) is 52.3 Å². The van der Waals surface area contributed by atoms with Crippen molar-refractivity contribution in [1.29, 1.82) is 0 Å². The zero-order chi connectivity index (χ0) is 22.0. The van der Waals surface area contributed by atoms with E-state index in [-0.39, 0.29) is 5.41 Å². The summed E-state index contributed by atoms with van der Waals surface area (Å²) >= 11 is 7.88. The maximum Gasteiger partial charge on any atom is 0.235 e. The van der Waals surface area contributed by atoms with E-state index in [1.807, 2.05) is 47.0 Å². The molecule has 8 rings (SSSR count). The number of nitrogens with zero attached hydrogens (tertiary/aromatic N) is 4. The van der Waals surface area contributed by atoms with Crippen LogP contribution in [0.15, 0.2) is 48.5 Å². The molecule has 168 valence electrons. The van der Waals surface area contributed by atoms with Crippen molar-refractivity contribution < 1.29 is 4.74 Å². The lowest BCUT2D eigenvalue weighted by atomic mass is 9.49. The Labute approximate surface area is 201 Å². The van der Waals surface area contributed by atoms with Crippen LogP contribution >= 0.6 is 22.9 Å². The van der Waals surface area contributed by atoms with Crippen molar-refractivity contribution in [3.63, 3.8) is 0 Å². The maximum absolute atomic E-state index is 6.27. The Kier molecular flexibility index (Phi) is 4.56. The molecule has 0 saturated heterocycles. The van der Waals surface area contributed by atoms with Crippen molar-refractivity contribution in [1.82, 2.24) is 19.8 Å². The van der Waals surface area contributed by atoms with Crippen molar-refractivity contribution >= 4 is 27.9 Å². The molecule has 33 heavy (non-hydrogen) atoms. The number of hydrogen-bond donors (Lipinski definition) is 0. The van der Waals surface area contributed by atoms with Crippen LogP contribution < -0.4 is 4.74 Å². The Hall–Kier alpha value is -2.44. The smallest absolute Gasteiger partial charge is 0.235 e. The van der Waals surface area contributed by atoms with E-state index >= 15 is 0 Å². The highest BCUT2D eigenvalue weighted by Crippen LogP contribution is 2.60. The number of rotatable bonds is 5. The van der Waals surface area contributed by atoms with Crippen molar-refractivity contribution in [2.45, 2.75) is 50.5 Å². The van der Waals surface area contributed by atoms with Crippen LogP contribution in [0.2, 0.25) is 5.02 Å². The SMILES string of the molecule is Clc1ccccc1COc1cccc(-c2nn3c(C45CC6CC(CC(C6)C4)C5)nnc3s2)c1. The first-order valence-electron chi connectivity index (χ1n) is 11.8. The molecule has 4 bridgehead atoms. The van der Waals surface area contributed by atoms with Crippen LogP contribution in [0, 0.1) is 17.8 Å². The highest BCUT2D eigenvalue weighted by Gasteiger charge is 2.54. The van der Waals surface area contributed by atoms with E-state index in [0.29, 0.717) is 6.61 Å². The molecule has 7 heteroatoms. The number of aromatic nitrogens is 4. The van der Waals surface area contributed by atoms with Gasteiger partial charge in [0.15, 0.2) is 5.82 Å². The molecule has 2 heterocycles. The first kappa shape index (κ1) is 20.0. The molecule has 4 aliphatic rings. The van der Waals surface area contributed by atoms with Gasteiger partial charge in [0.2, 0.25) is 4.96 Å². The van der Waals surface area contributed by atoms with E-state index in [4.69, 9.17) is 26.5 Å². The van der Waals surface area contributed by atoms with Gasteiger partial charge < -0.3 is 4.74 Å². The van der Waals surface area contributed by atoms with E-state index in [1.54, 1.807) is 11.3 Å². The van der Waals surface area contributed by atoms with Gasteiger partial charge in [0.1, 0.15) is 17.4 Å². The Bertz CT molecular complexity index is 1310. The highest BCUT2D eigenvalue weighted by atomic mass is 35.5. The van der Waals surface area contributed by atoms with E-state index < -0.39 is 0 Å². The largest absolute Gasteiger partial charge is 0.489 e. The van der Waals surface area contributed by atoms with Gasteiger partial charge in [0.05, 0.1) is 0 Å². The average Bonchev–Trinajstić information content (AvgIpc) is 3.39. The monoisotopic (exact) mass is 476 g/mol. The third-order valence-corrected chi connectivity index (χ3v) is 9.25. The third kappa shape index (κ3) is 3.38. The predicted octanol–water partition coefficient (Wildman–Crippen LogP) is 6.55. The fourth-order valence-corrected chi connectivity index (χ4v) is 7.97. The van der Waals surface area contributed by atoms with E-state index in [2.05, 4.69) is 11.2 Å². The van der Waals surface area contributed by atoms with E-state index in [1.165, 1.54) is 38.5 Å². The van der Waals surface area contributed by atoms with Crippen molar-refractivity contribution in [3.8, 4) is 16.3 Å². The molecular formula is C26H25ClN4OS. The number of ether oxygens (including phenoxy) is 1. The Morgan fingerprint density at radius 3 is 2.48 bits per heavy atom. The summed E-state index contributed by atoms with van der Waals surface area (Å²) in [6, 6.07) is 15.9. The second kappa shape index (κ2) is 7.54. The lowest BCUT2D eigenvalue weighted by Gasteiger charge is -2.55. The van der Waals surface area contributed by atoms with Crippen LogP contribution in [-0.4, -0.2) is 19.8 Å². The minimum atomic E-state index is 0.180. The van der Waals surface area contributed by atoms with Crippen LogP contribution in [0.25, 0.3) is 15.5 Å². The molecule has 4 aliphatic carbocycles. The third-order valence-electron chi connectivity index (χ3n) is 7.94. The first-order valence-corrected chi connectivity index (χ1v) is 13.0. The normalized spacial score (nSPS) is 28.0. The number of benzene rings is 2. The molecule has 2 aromatic carbocycles. The highest BCUT2D eigenvalue weighted by molar-refractivity contribution is 7.19. The van der Waals surface area contributed by atoms with Gasteiger partial charge in [-0.1, -0.05) is 53.3 Å². The maximum atomic E-state index is 6.27. The van der Waals surface area contributed by atoms with Gasteiger partial charge in [-0.2, -0.15) is 9.61 Å². The zero-order valence-electron chi connectivity index (χ0n) is 18.3. The van der Waals surface area contributed by atoms with Gasteiger partial charge in [-0.05, 0) is 74.5 Å². The van der Waals surface area contributed by atoms with Gasteiger partial charge in [0, 0.05) is 21.6 Å². The summed E-state index contributed by atoms with van der Waals surface area (Å²) in [6.45, 7) is 0.435. The van der Waals surface area contributed by atoms with E-state index in [9.17, 15) is 0 Å². The fourth-order valence-electron chi connectivity index (χ4n) is 6.94. The Balaban J connectivity index is 1.18. The summed E-state index contributed by atoms with van der Waals surface area (Å²) in [6.07, 6.45) is 8.05. The molecular weight excluding hydrogens is 452 g/mol. The lowest BCUT2D eigenvalue weighted by molar-refractivity contribution is -0.0103. The predicted molar refractivity (Wildman–Crippen MR) is 130 cm³/mol. The van der Waals surface area contributed by atoms with Crippen LogP contribution in [-0.2, 0) is 12.0 Å². The van der Waals surface area contributed by atoms with Crippen LogP contribution in [0.3, 0.4) is 0 Å². The van der Waals surface area contributed by atoms with Gasteiger partial charge in [-0.25, -0.2) is 0 Å². The average molecular weight is 477 g/mol. The van der Waals surface area contributed by atoms with Crippen molar-refractivity contribution in [3.05, 3.63) is 64.9 Å². The minimum absolute atomic E-state index is 0.180. The van der Waals surface area contributed by atoms with Gasteiger partial charge in [-0.15, -0.1) is 10.2 Å². The minimum Gasteiger partial charge on any atom is -0.489 e. The molecule has 5 nitrogen and oxygen atoms in total. The van der Waals surface area contributed by atoms with Crippen molar-refractivity contribution in [2.75, 3.05) is 0 Å². The zero-order valence-corrected chi connectivity index (χ0v) is 19.9. The molecule has 2 aromatic heterocycles. The molecule has 0 atom stereocenters. The molecule has 0 aliphatic heterocycles. The summed E-state index contributed by atoms with van der Waals surface area (Å²) in [7, 11) is 0. The lowest BCUT2D eigenvalue weighted by Crippen LogP contribution is -2.49. The Morgan fingerprint density at radius 1 is 0.970 bits per heavy atom. The van der Waals surface area contributed by atoms with Crippen LogP contribution in [0.1, 0.15) is 49.9 Å². The standard InChI is InChI=1S/C26H25ClN4OS/c27-22-7-2-1-4-20(22)15-32-21-6-3-5-19(11-21)23-30-31-24(28-29-25(31)33-23)26-12-16-8-17(13-26)10-18(9-16)14-26/h1-7,11,16-18H,8-10,12-15H2. The van der Waals surface area contributed by atoms with Crippen LogP contribution in [0.4, 0.5) is 0 Å². The molecule has 4 aromatic rings. The first-order chi connectivity index (χ1) is 16.1. The number of halogens is 1. The molecule has 0 radical (unpaired) electrons. The summed E-state index contributed by atoms with van der Waals surface area (Å²) in [5, 5.41) is 15.9. The summed E-state index contributed by atoms with van der Waals surface area (Å²) in [4.78, 5) is 0.887. The molecule has 0 amide bonds. The molecule has 0 spiro atoms. The Morgan fingerprint density at radius 2 is 1.73 bits per heavy atom. The van der Waals surface area contributed by atoms with Crippen LogP contribution in [0.5, 0.6) is 5.75 Å². The summed E-state index contributed by atoms with van der Waals surface area (Å²) in [5.74, 6) is 4.51. The van der Waals surface area contributed by atoms with Gasteiger partial charge in [-0.3, -0.25) is 0 Å². The van der Waals surface area contributed by atoms with Gasteiger partial charge >= 0.3 is 0 Å². The second-order valence-electron chi connectivity index (χ2n) is 10.2. The van der Waals surface area contributed by atoms with Gasteiger partial charge in [0.25, 0.3) is 0 Å². The fraction of sp³-hybridized carbons (Fsp3) is 0.423. The molecule has 4 saturated carbocycles.